The summed E-state index contributed by atoms with van der Waals surface area (Å²) in [6, 6.07) is -0.751. The monoisotopic (exact) mass is 242 g/mol. The van der Waals surface area contributed by atoms with Crippen molar-refractivity contribution in [1.82, 2.24) is 15.5 Å². The molecule has 98 valence electrons. The number of carbonyl (C=O) groups excluding carboxylic acids is 2. The van der Waals surface area contributed by atoms with E-state index >= 15 is 0 Å². The molecule has 0 spiro atoms. The van der Waals surface area contributed by atoms with E-state index in [-0.39, 0.29) is 11.9 Å². The lowest BCUT2D eigenvalue weighted by Gasteiger charge is -2.32. The van der Waals surface area contributed by atoms with E-state index in [0.29, 0.717) is 6.04 Å². The highest BCUT2D eigenvalue weighted by atomic mass is 16.2. The van der Waals surface area contributed by atoms with Crippen LogP contribution in [-0.4, -0.2) is 48.6 Å². The van der Waals surface area contributed by atoms with Gasteiger partial charge in [0.05, 0.1) is 6.04 Å². The van der Waals surface area contributed by atoms with Crippen molar-refractivity contribution in [2.75, 3.05) is 19.6 Å². The normalized spacial score (nSPS) is 21.5. The van der Waals surface area contributed by atoms with Crippen LogP contribution >= 0.6 is 0 Å². The number of hydrogen-bond donors (Lipinski definition) is 3. The maximum atomic E-state index is 11.8. The van der Waals surface area contributed by atoms with Crippen molar-refractivity contribution in [1.29, 1.82) is 0 Å². The molecule has 6 nitrogen and oxygen atoms in total. The van der Waals surface area contributed by atoms with Gasteiger partial charge >= 0.3 is 6.03 Å². The predicted octanol–water partition coefficient (Wildman–Crippen LogP) is -0.356. The largest absolute Gasteiger partial charge is 0.351 e. The predicted molar refractivity (Wildman–Crippen MR) is 65.5 cm³/mol. The zero-order valence-corrected chi connectivity index (χ0v) is 10.5. The summed E-state index contributed by atoms with van der Waals surface area (Å²) in [6.45, 7) is 6.61. The second-order valence-corrected chi connectivity index (χ2v) is 4.41. The maximum Gasteiger partial charge on any atom is 0.318 e. The second-order valence-electron chi connectivity index (χ2n) is 4.41. The molecule has 0 aliphatic carbocycles. The van der Waals surface area contributed by atoms with Gasteiger partial charge in [-0.25, -0.2) is 4.79 Å². The summed E-state index contributed by atoms with van der Waals surface area (Å²) in [4.78, 5) is 24.6. The van der Waals surface area contributed by atoms with E-state index < -0.39 is 6.03 Å². The average molecular weight is 242 g/mol. The van der Waals surface area contributed by atoms with E-state index in [2.05, 4.69) is 22.5 Å². The maximum absolute atomic E-state index is 11.8. The molecule has 1 aliphatic heterocycles. The molecular weight excluding hydrogens is 220 g/mol. The molecule has 1 rings (SSSR count). The van der Waals surface area contributed by atoms with Crippen LogP contribution in [0.5, 0.6) is 0 Å². The first-order chi connectivity index (χ1) is 8.06. The fraction of sp³-hybridized carbons (Fsp3) is 0.818. The Kier molecular flexibility index (Phi) is 5.37. The lowest BCUT2D eigenvalue weighted by Crippen LogP contribution is -2.52. The van der Waals surface area contributed by atoms with Crippen LogP contribution in [0.1, 0.15) is 26.7 Å². The van der Waals surface area contributed by atoms with Gasteiger partial charge in [0.1, 0.15) is 0 Å². The van der Waals surface area contributed by atoms with Crippen LogP contribution in [0, 0.1) is 0 Å². The van der Waals surface area contributed by atoms with Crippen molar-refractivity contribution in [2.45, 2.75) is 38.8 Å². The summed E-state index contributed by atoms with van der Waals surface area (Å²) in [5.41, 5.74) is 4.96. The van der Waals surface area contributed by atoms with Crippen molar-refractivity contribution in [2.24, 2.45) is 5.73 Å². The third-order valence-electron chi connectivity index (χ3n) is 3.11. The molecule has 4 N–H and O–H groups in total. The van der Waals surface area contributed by atoms with E-state index in [1.165, 1.54) is 0 Å². The molecule has 0 aromatic heterocycles. The fourth-order valence-corrected chi connectivity index (χ4v) is 2.25. The smallest absolute Gasteiger partial charge is 0.318 e. The summed E-state index contributed by atoms with van der Waals surface area (Å²) in [7, 11) is 0. The molecule has 6 heteroatoms. The number of imide groups is 1. The van der Waals surface area contributed by atoms with E-state index in [0.717, 1.165) is 32.5 Å². The molecule has 0 radical (unpaired) electrons. The topological polar surface area (TPSA) is 87.5 Å². The van der Waals surface area contributed by atoms with Gasteiger partial charge in [0.25, 0.3) is 0 Å². The number of hydrogen-bond acceptors (Lipinski definition) is 4. The highest BCUT2D eigenvalue weighted by molar-refractivity contribution is 5.96. The summed E-state index contributed by atoms with van der Waals surface area (Å²) in [5, 5.41) is 5.42. The number of urea groups is 1. The average Bonchev–Trinajstić information content (AvgIpc) is 2.77. The minimum absolute atomic E-state index is 0.321. The lowest BCUT2D eigenvalue weighted by molar-refractivity contribution is -0.125. The quantitative estimate of drug-likeness (QED) is 0.614. The molecule has 2 unspecified atom stereocenters. The van der Waals surface area contributed by atoms with Gasteiger partial charge in [-0.2, -0.15) is 0 Å². The second kappa shape index (κ2) is 6.56. The number of amides is 3. The Labute approximate surface area is 102 Å². The van der Waals surface area contributed by atoms with Crippen LogP contribution in [0.3, 0.4) is 0 Å². The number of carbonyl (C=O) groups is 2. The van der Waals surface area contributed by atoms with Gasteiger partial charge in [-0.15, -0.1) is 0 Å². The highest BCUT2D eigenvalue weighted by Crippen LogP contribution is 2.13. The Hall–Kier alpha value is -1.14. The van der Waals surface area contributed by atoms with E-state index in [1.807, 2.05) is 6.92 Å². The van der Waals surface area contributed by atoms with Gasteiger partial charge in [-0.05, 0) is 32.9 Å². The van der Waals surface area contributed by atoms with Crippen LogP contribution in [0.2, 0.25) is 0 Å². The Balaban J connectivity index is 2.61. The van der Waals surface area contributed by atoms with E-state index in [4.69, 9.17) is 5.73 Å². The SMILES string of the molecule is CCCN(C1CCNC1)C(C)C(=O)NC(N)=O. The first-order valence-corrected chi connectivity index (χ1v) is 6.13. The number of nitrogens with one attached hydrogen (secondary N) is 2. The van der Waals surface area contributed by atoms with Gasteiger partial charge < -0.3 is 11.1 Å². The van der Waals surface area contributed by atoms with Crippen molar-refractivity contribution in [3.8, 4) is 0 Å². The number of rotatable bonds is 5. The molecule has 0 aromatic rings. The van der Waals surface area contributed by atoms with Gasteiger partial charge in [-0.3, -0.25) is 15.0 Å². The van der Waals surface area contributed by atoms with Gasteiger partial charge in [0.15, 0.2) is 0 Å². The summed E-state index contributed by atoms with van der Waals surface area (Å²) >= 11 is 0. The Morgan fingerprint density at radius 1 is 1.59 bits per heavy atom. The Morgan fingerprint density at radius 3 is 2.76 bits per heavy atom. The molecule has 0 saturated carbocycles. The number of nitrogens with two attached hydrogens (primary N) is 1. The standard InChI is InChI=1S/C11H22N4O2/c1-3-6-15(9-4-5-13-7-9)8(2)10(16)14-11(12)17/h8-9,13H,3-7H2,1-2H3,(H3,12,14,16,17). The van der Waals surface area contributed by atoms with Crippen molar-refractivity contribution >= 4 is 11.9 Å². The first kappa shape index (κ1) is 13.9. The third kappa shape index (κ3) is 3.98. The van der Waals surface area contributed by atoms with Crippen molar-refractivity contribution < 1.29 is 9.59 Å². The van der Waals surface area contributed by atoms with Gasteiger partial charge in [0, 0.05) is 12.6 Å². The number of nitrogens with zero attached hydrogens (tertiary/aromatic N) is 1. The fourth-order valence-electron chi connectivity index (χ4n) is 2.25. The van der Waals surface area contributed by atoms with Crippen LogP contribution in [0.25, 0.3) is 0 Å². The molecule has 1 fully saturated rings. The summed E-state index contributed by atoms with van der Waals surface area (Å²) in [5.74, 6) is -0.321. The minimum Gasteiger partial charge on any atom is -0.351 e. The third-order valence-corrected chi connectivity index (χ3v) is 3.11. The first-order valence-electron chi connectivity index (χ1n) is 6.13. The van der Waals surface area contributed by atoms with Crippen molar-refractivity contribution in [3.05, 3.63) is 0 Å². The minimum atomic E-state index is -0.789. The summed E-state index contributed by atoms with van der Waals surface area (Å²) in [6.07, 6.45) is 2.01. The zero-order valence-electron chi connectivity index (χ0n) is 10.5. The molecule has 1 heterocycles. The van der Waals surface area contributed by atoms with E-state index in [9.17, 15) is 9.59 Å². The molecule has 0 aromatic carbocycles. The molecule has 1 aliphatic rings. The molecule has 1 saturated heterocycles. The summed E-state index contributed by atoms with van der Waals surface area (Å²) < 4.78 is 0. The zero-order chi connectivity index (χ0) is 12.8. The number of primary amides is 1. The van der Waals surface area contributed by atoms with Crippen molar-refractivity contribution in [3.63, 3.8) is 0 Å². The Morgan fingerprint density at radius 2 is 2.29 bits per heavy atom. The van der Waals surface area contributed by atoms with Crippen LogP contribution < -0.4 is 16.4 Å². The molecular formula is C11H22N4O2. The molecule has 3 amide bonds. The van der Waals surface area contributed by atoms with Crippen LogP contribution in [0.4, 0.5) is 4.79 Å². The highest BCUT2D eigenvalue weighted by Gasteiger charge is 2.29. The van der Waals surface area contributed by atoms with Crippen LogP contribution in [0.15, 0.2) is 0 Å². The molecule has 0 bridgehead atoms. The van der Waals surface area contributed by atoms with E-state index in [1.54, 1.807) is 0 Å². The van der Waals surface area contributed by atoms with Gasteiger partial charge in [0.2, 0.25) is 5.91 Å². The molecule has 17 heavy (non-hydrogen) atoms. The molecule has 2 atom stereocenters. The lowest BCUT2D eigenvalue weighted by atomic mass is 10.1. The van der Waals surface area contributed by atoms with Crippen LogP contribution in [-0.2, 0) is 4.79 Å². The Bertz CT molecular complexity index is 277. The van der Waals surface area contributed by atoms with Gasteiger partial charge in [-0.1, -0.05) is 6.92 Å².